The van der Waals surface area contributed by atoms with Gasteiger partial charge >= 0.3 is 0 Å². The third-order valence-electron chi connectivity index (χ3n) is 3.90. The predicted octanol–water partition coefficient (Wildman–Crippen LogP) is 1.18. The zero-order valence-electron chi connectivity index (χ0n) is 11.5. The lowest BCUT2D eigenvalue weighted by molar-refractivity contribution is 0.0236. The largest absolute Gasteiger partial charge is 0.438 e. The maximum Gasteiger partial charge on any atom is 0.288 e. The second-order valence-electron chi connectivity index (χ2n) is 5.39. The molecule has 3 rings (SSSR count). The molecule has 0 aliphatic heterocycles. The minimum atomic E-state index is -0.270. The van der Waals surface area contributed by atoms with Gasteiger partial charge in [-0.1, -0.05) is 0 Å². The number of carbonyl (C=O) groups excluding carboxylic acids is 1. The summed E-state index contributed by atoms with van der Waals surface area (Å²) in [5.74, 6) is 0.211. The van der Waals surface area contributed by atoms with Gasteiger partial charge in [-0.2, -0.15) is 0 Å². The molecule has 2 aromatic rings. The second-order valence-corrected chi connectivity index (χ2v) is 5.39. The number of hydrogen-bond donors (Lipinski definition) is 2. The van der Waals surface area contributed by atoms with Crippen LogP contribution in [-0.4, -0.2) is 33.1 Å². The fourth-order valence-corrected chi connectivity index (χ4v) is 2.63. The van der Waals surface area contributed by atoms with Gasteiger partial charge in [-0.15, -0.1) is 0 Å². The van der Waals surface area contributed by atoms with E-state index in [9.17, 15) is 9.90 Å². The van der Waals surface area contributed by atoms with Gasteiger partial charge in [0.1, 0.15) is 0 Å². The van der Waals surface area contributed by atoms with Crippen molar-refractivity contribution in [3.05, 3.63) is 48.4 Å². The Balaban J connectivity index is 1.69. The average Bonchev–Trinajstić information content (AvgIpc) is 2.98. The molecule has 1 fully saturated rings. The van der Waals surface area contributed by atoms with Crippen LogP contribution in [0.15, 0.2) is 41.5 Å². The molecule has 0 spiro atoms. The highest BCUT2D eigenvalue weighted by Crippen LogP contribution is 2.31. The molecule has 21 heavy (non-hydrogen) atoms. The summed E-state index contributed by atoms with van der Waals surface area (Å²) in [6.45, 7) is 0. The fourth-order valence-electron chi connectivity index (χ4n) is 2.63. The number of aliphatic hydroxyl groups excluding tert-OH is 1. The lowest BCUT2D eigenvalue weighted by Gasteiger charge is -2.38. The fraction of sp³-hybridized carbons (Fsp3) is 0.400. The van der Waals surface area contributed by atoms with Gasteiger partial charge in [0.25, 0.3) is 5.91 Å². The Morgan fingerprint density at radius 3 is 2.76 bits per heavy atom. The molecule has 2 heterocycles. The molecule has 1 amide bonds. The third kappa shape index (κ3) is 3.28. The Labute approximate surface area is 122 Å². The SMILES string of the molecule is O=C(N[C@H](Cc1ccncc1)C1CC(O)C1)c1cnco1. The van der Waals surface area contributed by atoms with E-state index in [1.165, 1.54) is 12.6 Å². The molecule has 1 aliphatic rings. The lowest BCUT2D eigenvalue weighted by Crippen LogP contribution is -2.48. The van der Waals surface area contributed by atoms with Gasteiger partial charge in [0.05, 0.1) is 12.3 Å². The zero-order chi connectivity index (χ0) is 14.7. The van der Waals surface area contributed by atoms with E-state index in [1.807, 2.05) is 12.1 Å². The number of nitrogens with zero attached hydrogens (tertiary/aromatic N) is 2. The molecule has 0 bridgehead atoms. The predicted molar refractivity (Wildman–Crippen MR) is 74.4 cm³/mol. The molecule has 1 saturated carbocycles. The Morgan fingerprint density at radius 1 is 1.38 bits per heavy atom. The van der Waals surface area contributed by atoms with Gasteiger partial charge in [-0.3, -0.25) is 9.78 Å². The summed E-state index contributed by atoms with van der Waals surface area (Å²) in [6, 6.07) is 3.83. The molecule has 0 aromatic carbocycles. The molecule has 6 heteroatoms. The van der Waals surface area contributed by atoms with Crippen LogP contribution >= 0.6 is 0 Å². The quantitative estimate of drug-likeness (QED) is 0.862. The first-order chi connectivity index (χ1) is 10.2. The highest BCUT2D eigenvalue weighted by Gasteiger charge is 2.35. The summed E-state index contributed by atoms with van der Waals surface area (Å²) in [5.41, 5.74) is 1.11. The van der Waals surface area contributed by atoms with Crippen molar-refractivity contribution in [2.24, 2.45) is 5.92 Å². The Bertz CT molecular complexity index is 579. The number of aromatic nitrogens is 2. The summed E-state index contributed by atoms with van der Waals surface area (Å²) >= 11 is 0. The van der Waals surface area contributed by atoms with E-state index in [0.717, 1.165) is 5.56 Å². The first-order valence-corrected chi connectivity index (χ1v) is 6.98. The molecule has 1 atom stereocenters. The maximum absolute atomic E-state index is 12.1. The number of oxazole rings is 1. The van der Waals surface area contributed by atoms with Crippen LogP contribution in [-0.2, 0) is 6.42 Å². The van der Waals surface area contributed by atoms with E-state index < -0.39 is 0 Å². The molecule has 2 aromatic heterocycles. The van der Waals surface area contributed by atoms with Crippen molar-refractivity contribution in [3.63, 3.8) is 0 Å². The molecular weight excluding hydrogens is 270 g/mol. The van der Waals surface area contributed by atoms with Crippen molar-refractivity contribution < 1.29 is 14.3 Å². The number of carbonyl (C=O) groups is 1. The minimum absolute atomic E-state index is 0.0339. The minimum Gasteiger partial charge on any atom is -0.438 e. The van der Waals surface area contributed by atoms with Crippen LogP contribution in [0.1, 0.15) is 29.0 Å². The molecule has 1 aliphatic carbocycles. The lowest BCUT2D eigenvalue weighted by atomic mass is 9.75. The van der Waals surface area contributed by atoms with E-state index in [2.05, 4.69) is 15.3 Å². The highest BCUT2D eigenvalue weighted by molar-refractivity contribution is 5.91. The van der Waals surface area contributed by atoms with Gasteiger partial charge in [0.2, 0.25) is 5.76 Å². The molecule has 0 saturated heterocycles. The van der Waals surface area contributed by atoms with Crippen LogP contribution in [0.5, 0.6) is 0 Å². The molecule has 110 valence electrons. The monoisotopic (exact) mass is 287 g/mol. The Kier molecular flexibility index (Phi) is 3.96. The van der Waals surface area contributed by atoms with Crippen LogP contribution in [0.25, 0.3) is 0 Å². The second kappa shape index (κ2) is 6.05. The number of hydrogen-bond acceptors (Lipinski definition) is 5. The van der Waals surface area contributed by atoms with Crippen molar-refractivity contribution >= 4 is 5.91 Å². The van der Waals surface area contributed by atoms with Crippen LogP contribution < -0.4 is 5.32 Å². The van der Waals surface area contributed by atoms with Crippen LogP contribution in [0.3, 0.4) is 0 Å². The molecular formula is C15H17N3O3. The van der Waals surface area contributed by atoms with E-state index in [-0.39, 0.29) is 29.7 Å². The summed E-state index contributed by atoms with van der Waals surface area (Å²) in [5, 5.41) is 12.5. The summed E-state index contributed by atoms with van der Waals surface area (Å²) in [6.07, 6.45) is 7.99. The molecule has 0 radical (unpaired) electrons. The van der Waals surface area contributed by atoms with E-state index >= 15 is 0 Å². The summed E-state index contributed by atoms with van der Waals surface area (Å²) in [4.78, 5) is 19.9. The normalized spacial score (nSPS) is 22.3. The standard InChI is InChI=1S/C15H17N3O3/c19-12-6-11(7-12)13(5-10-1-3-16-4-2-10)18-15(20)14-8-17-9-21-14/h1-4,8-9,11-13,19H,5-7H2,(H,18,20)/t11?,12?,13-/m1/s1. The number of aliphatic hydroxyl groups is 1. The van der Waals surface area contributed by atoms with Gasteiger partial charge < -0.3 is 14.8 Å². The zero-order valence-corrected chi connectivity index (χ0v) is 11.5. The summed E-state index contributed by atoms with van der Waals surface area (Å²) < 4.78 is 5.02. The first kappa shape index (κ1) is 13.8. The smallest absolute Gasteiger partial charge is 0.288 e. The van der Waals surface area contributed by atoms with E-state index in [4.69, 9.17) is 4.42 Å². The first-order valence-electron chi connectivity index (χ1n) is 6.98. The number of nitrogens with one attached hydrogen (secondary N) is 1. The van der Waals surface area contributed by atoms with Crippen molar-refractivity contribution in [2.45, 2.75) is 31.4 Å². The van der Waals surface area contributed by atoms with Crippen LogP contribution in [0.4, 0.5) is 0 Å². The highest BCUT2D eigenvalue weighted by atomic mass is 16.3. The number of pyridine rings is 1. The molecule has 0 unspecified atom stereocenters. The van der Waals surface area contributed by atoms with Crippen molar-refractivity contribution in [1.29, 1.82) is 0 Å². The maximum atomic E-state index is 12.1. The van der Waals surface area contributed by atoms with Crippen molar-refractivity contribution in [2.75, 3.05) is 0 Å². The third-order valence-corrected chi connectivity index (χ3v) is 3.90. The van der Waals surface area contributed by atoms with Crippen molar-refractivity contribution in [3.8, 4) is 0 Å². The van der Waals surface area contributed by atoms with Gasteiger partial charge in [0.15, 0.2) is 6.39 Å². The Hall–Kier alpha value is -2.21. The van der Waals surface area contributed by atoms with Crippen LogP contribution in [0, 0.1) is 5.92 Å². The molecule has 2 N–H and O–H groups in total. The number of amides is 1. The van der Waals surface area contributed by atoms with Gasteiger partial charge in [-0.25, -0.2) is 4.98 Å². The van der Waals surface area contributed by atoms with Crippen molar-refractivity contribution in [1.82, 2.24) is 15.3 Å². The average molecular weight is 287 g/mol. The topological polar surface area (TPSA) is 88.2 Å². The van der Waals surface area contributed by atoms with Gasteiger partial charge in [-0.05, 0) is 42.9 Å². The Morgan fingerprint density at radius 2 is 2.14 bits per heavy atom. The molecule has 6 nitrogen and oxygen atoms in total. The van der Waals surface area contributed by atoms with Crippen LogP contribution in [0.2, 0.25) is 0 Å². The van der Waals surface area contributed by atoms with E-state index in [0.29, 0.717) is 19.3 Å². The summed E-state index contributed by atoms with van der Waals surface area (Å²) in [7, 11) is 0. The van der Waals surface area contributed by atoms with E-state index in [1.54, 1.807) is 12.4 Å². The number of rotatable bonds is 5. The van der Waals surface area contributed by atoms with Gasteiger partial charge in [0, 0.05) is 18.4 Å².